The van der Waals surface area contributed by atoms with E-state index < -0.39 is 0 Å². The molecule has 0 aliphatic carbocycles. The van der Waals surface area contributed by atoms with Crippen molar-refractivity contribution in [3.63, 3.8) is 0 Å². The summed E-state index contributed by atoms with van der Waals surface area (Å²) in [6.07, 6.45) is 5.54. The summed E-state index contributed by atoms with van der Waals surface area (Å²) in [6.45, 7) is 5.82. The lowest BCUT2D eigenvalue weighted by Gasteiger charge is -2.33. The van der Waals surface area contributed by atoms with Crippen LogP contribution in [0.3, 0.4) is 0 Å². The fourth-order valence-electron chi connectivity index (χ4n) is 4.63. The number of piperidine rings is 1. The largest absolute Gasteiger partial charge is 0.393 e. The minimum Gasteiger partial charge on any atom is -0.393 e. The van der Waals surface area contributed by atoms with Crippen molar-refractivity contribution in [1.29, 1.82) is 0 Å². The Morgan fingerprint density at radius 2 is 1.62 bits per heavy atom. The average Bonchev–Trinajstić information content (AvgIpc) is 3.28. The van der Waals surface area contributed by atoms with Gasteiger partial charge in [0.2, 0.25) is 5.95 Å². The van der Waals surface area contributed by atoms with E-state index in [9.17, 15) is 5.11 Å². The van der Waals surface area contributed by atoms with Crippen molar-refractivity contribution in [2.45, 2.75) is 39.0 Å². The van der Waals surface area contributed by atoms with E-state index in [0.717, 1.165) is 73.0 Å². The number of aromatic nitrogens is 4. The van der Waals surface area contributed by atoms with E-state index in [0.29, 0.717) is 12.5 Å². The Balaban J connectivity index is 0.000000351. The number of imidazole rings is 1. The molecular formula is C27H31N5O2. The summed E-state index contributed by atoms with van der Waals surface area (Å²) < 4.78 is 7.75. The van der Waals surface area contributed by atoms with Gasteiger partial charge >= 0.3 is 0 Å². The molecule has 7 heteroatoms. The number of rotatable bonds is 3. The van der Waals surface area contributed by atoms with Crippen molar-refractivity contribution < 1.29 is 9.84 Å². The second-order valence-corrected chi connectivity index (χ2v) is 8.93. The third-order valence-corrected chi connectivity index (χ3v) is 6.66. The predicted molar refractivity (Wildman–Crippen MR) is 133 cm³/mol. The zero-order valence-electron chi connectivity index (χ0n) is 19.5. The van der Waals surface area contributed by atoms with Crippen LogP contribution in [0.25, 0.3) is 22.2 Å². The fraction of sp³-hybridized carbons (Fsp3) is 0.370. The Kier molecular flexibility index (Phi) is 6.83. The van der Waals surface area contributed by atoms with E-state index in [1.807, 2.05) is 55.7 Å². The second kappa shape index (κ2) is 10.3. The highest BCUT2D eigenvalue weighted by molar-refractivity contribution is 5.82. The third-order valence-electron chi connectivity index (χ3n) is 6.66. The van der Waals surface area contributed by atoms with Crippen LogP contribution in [0.1, 0.15) is 25.6 Å². The second-order valence-electron chi connectivity index (χ2n) is 8.93. The van der Waals surface area contributed by atoms with Crippen LogP contribution in [-0.4, -0.2) is 50.4 Å². The molecule has 0 radical (unpaired) electrons. The Hall–Kier alpha value is -3.29. The van der Waals surface area contributed by atoms with Crippen molar-refractivity contribution in [2.24, 2.45) is 5.92 Å². The summed E-state index contributed by atoms with van der Waals surface area (Å²) >= 11 is 0. The molecule has 0 saturated carbocycles. The Labute approximate surface area is 200 Å². The van der Waals surface area contributed by atoms with Gasteiger partial charge in [0.05, 0.1) is 23.7 Å². The molecule has 4 heterocycles. The number of ether oxygens (including phenoxy) is 1. The molecule has 2 aliphatic heterocycles. The first-order chi connectivity index (χ1) is 16.7. The zero-order valence-corrected chi connectivity index (χ0v) is 19.5. The predicted octanol–water partition coefficient (Wildman–Crippen LogP) is 4.31. The fourth-order valence-corrected chi connectivity index (χ4v) is 4.63. The number of nitrogens with zero attached hydrogens (tertiary/aromatic N) is 5. The van der Waals surface area contributed by atoms with E-state index in [4.69, 9.17) is 4.74 Å². The van der Waals surface area contributed by atoms with Gasteiger partial charge in [-0.15, -0.1) is 0 Å². The van der Waals surface area contributed by atoms with Gasteiger partial charge in [0, 0.05) is 37.6 Å². The summed E-state index contributed by atoms with van der Waals surface area (Å²) in [5.41, 5.74) is 4.25. The lowest BCUT2D eigenvalue weighted by Crippen LogP contribution is -2.37. The molecule has 2 aromatic carbocycles. The van der Waals surface area contributed by atoms with Crippen molar-refractivity contribution in [3.8, 4) is 11.1 Å². The summed E-state index contributed by atoms with van der Waals surface area (Å²) in [5, 5.41) is 9.77. The summed E-state index contributed by atoms with van der Waals surface area (Å²) in [7, 11) is 0. The molecule has 1 fully saturated rings. The van der Waals surface area contributed by atoms with Gasteiger partial charge in [-0.3, -0.25) is 0 Å². The van der Waals surface area contributed by atoms with E-state index in [1.165, 1.54) is 0 Å². The molecule has 1 N–H and O–H groups in total. The molecule has 0 amide bonds. The highest BCUT2D eigenvalue weighted by Gasteiger charge is 2.24. The van der Waals surface area contributed by atoms with Crippen molar-refractivity contribution in [3.05, 3.63) is 72.8 Å². The number of fused-ring (bicyclic) bond motifs is 3. The first kappa shape index (κ1) is 22.5. The van der Waals surface area contributed by atoms with Crippen molar-refractivity contribution in [1.82, 2.24) is 19.5 Å². The Morgan fingerprint density at radius 1 is 0.941 bits per heavy atom. The number of hydrogen-bond acceptors (Lipinski definition) is 6. The van der Waals surface area contributed by atoms with Gasteiger partial charge in [-0.1, -0.05) is 42.5 Å². The first-order valence-electron chi connectivity index (χ1n) is 12.0. The minimum absolute atomic E-state index is 0.235. The molecule has 176 valence electrons. The van der Waals surface area contributed by atoms with Gasteiger partial charge in [-0.2, -0.15) is 0 Å². The number of hydrogen-bond donors (Lipinski definition) is 1. The maximum Gasteiger partial charge on any atom is 0.225 e. The maximum atomic E-state index is 9.77. The van der Waals surface area contributed by atoms with Gasteiger partial charge in [-0.05, 0) is 43.4 Å². The minimum atomic E-state index is -0.235. The molecule has 7 nitrogen and oxygen atoms in total. The van der Waals surface area contributed by atoms with Crippen molar-refractivity contribution >= 4 is 17.0 Å². The standard InChI is InChI=1S/C21H25N5O2.C6H6/c1-14(27)15-4-6-25(7-5-15)21-22-11-17(12-23-21)16-2-3-18-19(10-16)26-8-9-28-13-20(26)24-18;1-2-4-6-5-3-1/h2-3,10-12,14-15,27H,4-9,13H2,1H3;1-6H. The van der Waals surface area contributed by atoms with Crippen molar-refractivity contribution in [2.75, 3.05) is 24.6 Å². The first-order valence-corrected chi connectivity index (χ1v) is 12.0. The lowest BCUT2D eigenvalue weighted by atomic mass is 9.92. The smallest absolute Gasteiger partial charge is 0.225 e. The summed E-state index contributed by atoms with van der Waals surface area (Å²) in [6, 6.07) is 18.3. The summed E-state index contributed by atoms with van der Waals surface area (Å²) in [4.78, 5) is 16.1. The van der Waals surface area contributed by atoms with Crippen LogP contribution in [0.2, 0.25) is 0 Å². The summed E-state index contributed by atoms with van der Waals surface area (Å²) in [5.74, 6) is 2.15. The number of aliphatic hydroxyl groups is 1. The molecule has 0 spiro atoms. The van der Waals surface area contributed by atoms with E-state index in [-0.39, 0.29) is 6.10 Å². The number of benzene rings is 2. The topological polar surface area (TPSA) is 76.3 Å². The number of aliphatic hydroxyl groups excluding tert-OH is 1. The Morgan fingerprint density at radius 3 is 2.26 bits per heavy atom. The quantitative estimate of drug-likeness (QED) is 0.494. The van der Waals surface area contributed by atoms with Gasteiger partial charge < -0.3 is 19.3 Å². The molecule has 34 heavy (non-hydrogen) atoms. The normalized spacial score (nSPS) is 17.1. The molecule has 0 bridgehead atoms. The monoisotopic (exact) mass is 457 g/mol. The third kappa shape index (κ3) is 4.95. The zero-order chi connectivity index (χ0) is 23.3. The van der Waals surface area contributed by atoms with Gasteiger partial charge in [-0.25, -0.2) is 15.0 Å². The van der Waals surface area contributed by atoms with E-state index in [1.54, 1.807) is 0 Å². The Bertz CT molecular complexity index is 1170. The van der Waals surface area contributed by atoms with Crippen LogP contribution < -0.4 is 4.90 Å². The van der Waals surface area contributed by atoms with Crippen LogP contribution >= 0.6 is 0 Å². The molecule has 4 aromatic rings. The average molecular weight is 458 g/mol. The molecule has 6 rings (SSSR count). The van der Waals surface area contributed by atoms with Gasteiger partial charge in [0.25, 0.3) is 0 Å². The van der Waals surface area contributed by atoms with Crippen LogP contribution in [0, 0.1) is 5.92 Å². The van der Waals surface area contributed by atoms with E-state index >= 15 is 0 Å². The molecule has 1 atom stereocenters. The number of anilines is 1. The molecule has 2 aliphatic rings. The molecule has 1 unspecified atom stereocenters. The SMILES string of the molecule is CC(O)C1CCN(c2ncc(-c3ccc4nc5n(c4c3)CCOC5)cn2)CC1.c1ccccc1. The van der Waals surface area contributed by atoms with Crippen LogP contribution in [-0.2, 0) is 17.9 Å². The maximum absolute atomic E-state index is 9.77. The molecular weight excluding hydrogens is 426 g/mol. The van der Waals surface area contributed by atoms with Crippen LogP contribution in [0.5, 0.6) is 0 Å². The lowest BCUT2D eigenvalue weighted by molar-refractivity contribution is 0.0830. The van der Waals surface area contributed by atoms with Gasteiger partial charge in [0.1, 0.15) is 12.4 Å². The van der Waals surface area contributed by atoms with Crippen LogP contribution in [0.15, 0.2) is 67.0 Å². The van der Waals surface area contributed by atoms with Crippen LogP contribution in [0.4, 0.5) is 5.95 Å². The molecule has 2 aromatic heterocycles. The van der Waals surface area contributed by atoms with Gasteiger partial charge in [0.15, 0.2) is 0 Å². The molecule has 1 saturated heterocycles. The highest BCUT2D eigenvalue weighted by Crippen LogP contribution is 2.27. The highest BCUT2D eigenvalue weighted by atomic mass is 16.5. The van der Waals surface area contributed by atoms with E-state index in [2.05, 4.69) is 42.6 Å².